The van der Waals surface area contributed by atoms with Crippen molar-refractivity contribution in [1.82, 2.24) is 0 Å². The highest BCUT2D eigenvalue weighted by molar-refractivity contribution is 14.1. The van der Waals surface area contributed by atoms with Crippen molar-refractivity contribution in [3.63, 3.8) is 0 Å². The zero-order valence-corrected chi connectivity index (χ0v) is 16.5. The van der Waals surface area contributed by atoms with Crippen LogP contribution >= 0.6 is 22.6 Å². The normalized spacial score (nSPS) is 25.9. The Bertz CT molecular complexity index is 341. The molecule has 1 saturated heterocycles. The summed E-state index contributed by atoms with van der Waals surface area (Å²) in [6.45, 7) is 13.2. The van der Waals surface area contributed by atoms with Crippen LogP contribution in [0.2, 0.25) is 18.1 Å². The Labute approximate surface area is 137 Å². The van der Waals surface area contributed by atoms with E-state index in [1.165, 1.54) is 0 Å². The molecule has 20 heavy (non-hydrogen) atoms. The molecule has 0 bridgehead atoms. The molecule has 3 atom stereocenters. The number of hydrogen-bond acceptors (Lipinski definition) is 4. The average molecular weight is 414 g/mol. The highest BCUT2D eigenvalue weighted by atomic mass is 127. The Balaban J connectivity index is 2.54. The van der Waals surface area contributed by atoms with E-state index < -0.39 is 14.5 Å². The number of rotatable bonds is 5. The highest BCUT2D eigenvalue weighted by Gasteiger charge is 2.39. The van der Waals surface area contributed by atoms with E-state index in [4.69, 9.17) is 13.9 Å². The third-order valence-corrected chi connectivity index (χ3v) is 9.71. The fraction of sp³-hybridized carbons (Fsp3) is 0.929. The molecule has 0 aromatic heterocycles. The van der Waals surface area contributed by atoms with Gasteiger partial charge in [-0.05, 0) is 25.1 Å². The van der Waals surface area contributed by atoms with Crippen LogP contribution in [0.5, 0.6) is 0 Å². The molecule has 0 N–H and O–H groups in total. The molecule has 1 rings (SSSR count). The number of ether oxygens (including phenoxy) is 2. The van der Waals surface area contributed by atoms with Crippen LogP contribution in [0.15, 0.2) is 0 Å². The summed E-state index contributed by atoms with van der Waals surface area (Å²) in [5.74, 6) is 0. The summed E-state index contributed by atoms with van der Waals surface area (Å²) in [4.78, 5) is 11.4. The van der Waals surface area contributed by atoms with Crippen molar-refractivity contribution in [2.24, 2.45) is 0 Å². The summed E-state index contributed by atoms with van der Waals surface area (Å²) in [5, 5.41) is 0.193. The van der Waals surface area contributed by atoms with Crippen LogP contribution in [-0.4, -0.2) is 37.2 Å². The van der Waals surface area contributed by atoms with E-state index in [0.717, 1.165) is 17.3 Å². The van der Waals surface area contributed by atoms with Crippen LogP contribution in [-0.2, 0) is 13.9 Å². The van der Waals surface area contributed by atoms with E-state index in [1.807, 2.05) is 0 Å². The second-order valence-electron chi connectivity index (χ2n) is 7.04. The second-order valence-corrected chi connectivity index (χ2v) is 12.7. The monoisotopic (exact) mass is 414 g/mol. The summed E-state index contributed by atoms with van der Waals surface area (Å²) >= 11 is 2.24. The molecule has 0 spiro atoms. The van der Waals surface area contributed by atoms with Crippen LogP contribution in [0.3, 0.4) is 0 Å². The van der Waals surface area contributed by atoms with Gasteiger partial charge in [0.25, 0.3) is 0 Å². The molecule has 0 amide bonds. The minimum absolute atomic E-state index is 0.0260. The third kappa shape index (κ3) is 5.18. The smallest absolute Gasteiger partial charge is 0.431 e. The Morgan fingerprint density at radius 1 is 1.35 bits per heavy atom. The lowest BCUT2D eigenvalue weighted by Crippen LogP contribution is -2.45. The molecule has 1 heterocycles. The van der Waals surface area contributed by atoms with Gasteiger partial charge in [-0.15, -0.1) is 0 Å². The number of hydrogen-bond donors (Lipinski definition) is 0. The van der Waals surface area contributed by atoms with E-state index in [0.29, 0.717) is 0 Å². The molecule has 0 aromatic rings. The van der Waals surface area contributed by atoms with Gasteiger partial charge in [0.2, 0.25) is 0 Å². The van der Waals surface area contributed by atoms with Gasteiger partial charge in [0.15, 0.2) is 8.32 Å². The number of cyclic esters (lactones) is 2. The number of carbonyl (C=O) groups excluding carboxylic acids is 1. The van der Waals surface area contributed by atoms with Crippen molar-refractivity contribution >= 4 is 37.1 Å². The molecule has 0 radical (unpaired) electrons. The van der Waals surface area contributed by atoms with Crippen molar-refractivity contribution in [3.05, 3.63) is 0 Å². The second kappa shape index (κ2) is 6.96. The maximum Gasteiger partial charge on any atom is 0.508 e. The molecule has 1 aliphatic heterocycles. The van der Waals surface area contributed by atoms with Gasteiger partial charge in [-0.1, -0.05) is 43.4 Å². The molecule has 1 fully saturated rings. The molecule has 1 aliphatic rings. The molecule has 0 aliphatic carbocycles. The van der Waals surface area contributed by atoms with E-state index in [1.54, 1.807) is 0 Å². The number of carbonyl (C=O) groups is 1. The molecule has 118 valence electrons. The zero-order valence-electron chi connectivity index (χ0n) is 13.4. The molecule has 0 saturated carbocycles. The SMILES string of the molecule is C[C@H](C[C@@H]1C[C@H](CI)OC(=O)O1)O[Si](C)(C)C(C)(C)C. The Kier molecular flexibility index (Phi) is 6.34. The minimum atomic E-state index is -1.77. The summed E-state index contributed by atoms with van der Waals surface area (Å²) in [5.41, 5.74) is 0. The molecule has 0 aromatic carbocycles. The van der Waals surface area contributed by atoms with Crippen LogP contribution in [0.1, 0.15) is 40.5 Å². The Morgan fingerprint density at radius 2 is 1.90 bits per heavy atom. The first-order valence-electron chi connectivity index (χ1n) is 7.16. The summed E-state index contributed by atoms with van der Waals surface area (Å²) < 4.78 is 17.5. The van der Waals surface area contributed by atoms with E-state index in [9.17, 15) is 4.79 Å². The lowest BCUT2D eigenvalue weighted by Gasteiger charge is -2.39. The summed E-state index contributed by atoms with van der Waals surface area (Å²) in [6.07, 6.45) is 0.955. The van der Waals surface area contributed by atoms with Crippen molar-refractivity contribution in [3.8, 4) is 0 Å². The maximum absolute atomic E-state index is 11.4. The lowest BCUT2D eigenvalue weighted by atomic mass is 10.1. The largest absolute Gasteiger partial charge is 0.508 e. The van der Waals surface area contributed by atoms with Gasteiger partial charge >= 0.3 is 6.16 Å². The quantitative estimate of drug-likeness (QED) is 0.287. The van der Waals surface area contributed by atoms with E-state index in [2.05, 4.69) is 63.4 Å². The topological polar surface area (TPSA) is 44.8 Å². The Hall–Kier alpha value is 0.177. The first kappa shape index (κ1) is 18.2. The zero-order chi connectivity index (χ0) is 15.6. The molecule has 6 heteroatoms. The van der Waals surface area contributed by atoms with Crippen molar-refractivity contribution in [2.45, 2.75) is 77.0 Å². The molecular formula is C14H27IO4Si. The van der Waals surface area contributed by atoms with Gasteiger partial charge < -0.3 is 13.9 Å². The van der Waals surface area contributed by atoms with E-state index >= 15 is 0 Å². The minimum Gasteiger partial charge on any atom is -0.431 e. The number of alkyl halides is 1. The van der Waals surface area contributed by atoms with Crippen molar-refractivity contribution in [2.75, 3.05) is 4.43 Å². The van der Waals surface area contributed by atoms with Crippen LogP contribution in [0.4, 0.5) is 4.79 Å². The van der Waals surface area contributed by atoms with Crippen LogP contribution in [0, 0.1) is 0 Å². The van der Waals surface area contributed by atoms with Crippen molar-refractivity contribution < 1.29 is 18.7 Å². The summed E-state index contributed by atoms with van der Waals surface area (Å²) in [7, 11) is -1.77. The van der Waals surface area contributed by atoms with Gasteiger partial charge in [-0.25, -0.2) is 4.79 Å². The molecule has 4 nitrogen and oxygen atoms in total. The maximum atomic E-state index is 11.4. The van der Waals surface area contributed by atoms with Crippen LogP contribution < -0.4 is 0 Å². The van der Waals surface area contributed by atoms with Crippen LogP contribution in [0.25, 0.3) is 0 Å². The van der Waals surface area contributed by atoms with Gasteiger partial charge in [0, 0.05) is 23.4 Å². The van der Waals surface area contributed by atoms with Gasteiger partial charge in [-0.3, -0.25) is 0 Å². The number of halogens is 1. The molecule has 0 unspecified atom stereocenters. The fourth-order valence-electron chi connectivity index (χ4n) is 2.03. The highest BCUT2D eigenvalue weighted by Crippen LogP contribution is 2.38. The standard InChI is InChI=1S/C14H27IO4Si/c1-10(19-20(5,6)14(2,3)4)7-11-8-12(9-15)18-13(16)17-11/h10-12H,7-9H2,1-6H3/t10-,11-,12-/m1/s1. The Morgan fingerprint density at radius 3 is 2.40 bits per heavy atom. The van der Waals surface area contributed by atoms with Gasteiger partial charge in [0.05, 0.1) is 0 Å². The lowest BCUT2D eigenvalue weighted by molar-refractivity contribution is -0.0619. The fourth-order valence-corrected chi connectivity index (χ4v) is 4.02. The first-order chi connectivity index (χ1) is 9.05. The summed E-state index contributed by atoms with van der Waals surface area (Å²) in [6, 6.07) is 0. The average Bonchev–Trinajstić information content (AvgIpc) is 2.25. The predicted molar refractivity (Wildman–Crippen MR) is 91.0 cm³/mol. The first-order valence-corrected chi connectivity index (χ1v) is 11.6. The van der Waals surface area contributed by atoms with Gasteiger partial charge in [0.1, 0.15) is 12.2 Å². The third-order valence-electron chi connectivity index (χ3n) is 4.12. The molecular weight excluding hydrogens is 387 g/mol. The van der Waals surface area contributed by atoms with Gasteiger partial charge in [-0.2, -0.15) is 0 Å². The van der Waals surface area contributed by atoms with Crippen molar-refractivity contribution in [1.29, 1.82) is 0 Å². The van der Waals surface area contributed by atoms with E-state index in [-0.39, 0.29) is 23.4 Å². The predicted octanol–water partition coefficient (Wildman–Crippen LogP) is 4.52.